The van der Waals surface area contributed by atoms with Crippen molar-refractivity contribution in [3.8, 4) is 5.88 Å². The first-order chi connectivity index (χ1) is 8.36. The van der Waals surface area contributed by atoms with E-state index in [4.69, 9.17) is 4.74 Å². The summed E-state index contributed by atoms with van der Waals surface area (Å²) in [5.74, 6) is 1.14. The van der Waals surface area contributed by atoms with Gasteiger partial charge in [-0.2, -0.15) is 9.97 Å². The average molecular weight is 233 g/mol. The van der Waals surface area contributed by atoms with E-state index in [0.29, 0.717) is 17.5 Å². The van der Waals surface area contributed by atoms with Crippen LogP contribution in [0.15, 0.2) is 6.33 Å². The fraction of sp³-hybridized carbons (Fsp3) is 0.545. The molecule has 3 rings (SSSR count). The number of aromatic nitrogens is 4. The van der Waals surface area contributed by atoms with Crippen LogP contribution in [0.2, 0.25) is 0 Å². The minimum absolute atomic E-state index is 0.279. The smallest absolute Gasteiger partial charge is 0.245 e. The second-order valence-electron chi connectivity index (χ2n) is 4.23. The van der Waals surface area contributed by atoms with Crippen LogP contribution in [0.25, 0.3) is 11.2 Å². The van der Waals surface area contributed by atoms with Crippen molar-refractivity contribution < 1.29 is 4.74 Å². The normalized spacial score (nSPS) is 16.5. The lowest BCUT2D eigenvalue weighted by Crippen LogP contribution is -2.13. The van der Waals surface area contributed by atoms with Crippen molar-refractivity contribution in [3.63, 3.8) is 0 Å². The second kappa shape index (κ2) is 4.20. The summed E-state index contributed by atoms with van der Waals surface area (Å²) in [7, 11) is 1.78. The Balaban J connectivity index is 1.97. The Morgan fingerprint density at radius 1 is 1.35 bits per heavy atom. The summed E-state index contributed by atoms with van der Waals surface area (Å²) >= 11 is 0. The standard InChI is InChI=1S/C11H15N5O/c1-12-11-15-9-8(13-6-14-9)10(16-11)17-7-4-2-3-5-7/h6-7H,2-5H2,1H3,(H2,12,13,14,15,16). The number of hydrogen-bond acceptors (Lipinski definition) is 5. The molecule has 1 aliphatic carbocycles. The number of hydrogen-bond donors (Lipinski definition) is 2. The fourth-order valence-corrected chi connectivity index (χ4v) is 2.17. The number of nitrogens with one attached hydrogen (secondary N) is 2. The zero-order valence-electron chi connectivity index (χ0n) is 9.73. The molecule has 1 saturated carbocycles. The van der Waals surface area contributed by atoms with Crippen molar-refractivity contribution in [2.75, 3.05) is 12.4 Å². The van der Waals surface area contributed by atoms with Gasteiger partial charge in [-0.15, -0.1) is 0 Å². The Bertz CT molecular complexity index is 518. The van der Waals surface area contributed by atoms with E-state index in [-0.39, 0.29) is 6.10 Å². The van der Waals surface area contributed by atoms with E-state index in [0.717, 1.165) is 18.4 Å². The zero-order valence-corrected chi connectivity index (χ0v) is 9.73. The zero-order chi connectivity index (χ0) is 11.7. The van der Waals surface area contributed by atoms with Gasteiger partial charge in [-0.1, -0.05) is 0 Å². The maximum absolute atomic E-state index is 5.93. The van der Waals surface area contributed by atoms with Crippen molar-refractivity contribution in [2.45, 2.75) is 31.8 Å². The Hall–Kier alpha value is -1.85. The summed E-state index contributed by atoms with van der Waals surface area (Å²) in [5.41, 5.74) is 1.41. The largest absolute Gasteiger partial charge is 0.473 e. The predicted molar refractivity (Wildman–Crippen MR) is 64.1 cm³/mol. The van der Waals surface area contributed by atoms with Gasteiger partial charge in [0.2, 0.25) is 11.8 Å². The van der Waals surface area contributed by atoms with Crippen molar-refractivity contribution >= 4 is 17.1 Å². The first-order valence-corrected chi connectivity index (χ1v) is 5.92. The molecule has 0 amide bonds. The fourth-order valence-electron chi connectivity index (χ4n) is 2.17. The van der Waals surface area contributed by atoms with Gasteiger partial charge in [-0.05, 0) is 25.7 Å². The number of anilines is 1. The third-order valence-electron chi connectivity index (χ3n) is 3.06. The van der Waals surface area contributed by atoms with Crippen LogP contribution in [0.5, 0.6) is 5.88 Å². The molecule has 1 fully saturated rings. The monoisotopic (exact) mass is 233 g/mol. The maximum Gasteiger partial charge on any atom is 0.245 e. The van der Waals surface area contributed by atoms with Gasteiger partial charge in [0, 0.05) is 7.05 Å². The third kappa shape index (κ3) is 1.90. The highest BCUT2D eigenvalue weighted by molar-refractivity contribution is 5.76. The quantitative estimate of drug-likeness (QED) is 0.844. The predicted octanol–water partition coefficient (Wildman–Crippen LogP) is 1.72. The molecule has 6 heteroatoms. The molecule has 0 bridgehead atoms. The van der Waals surface area contributed by atoms with Gasteiger partial charge in [0.05, 0.1) is 6.33 Å². The molecule has 1 aliphatic rings. The van der Waals surface area contributed by atoms with Gasteiger partial charge in [0.25, 0.3) is 0 Å². The summed E-state index contributed by atoms with van der Waals surface area (Å²) in [6.45, 7) is 0. The van der Waals surface area contributed by atoms with Crippen molar-refractivity contribution in [1.82, 2.24) is 19.9 Å². The van der Waals surface area contributed by atoms with Crippen LogP contribution in [-0.4, -0.2) is 33.1 Å². The number of rotatable bonds is 3. The molecule has 90 valence electrons. The lowest BCUT2D eigenvalue weighted by molar-refractivity contribution is 0.204. The van der Waals surface area contributed by atoms with E-state index in [2.05, 4.69) is 25.3 Å². The minimum Gasteiger partial charge on any atom is -0.473 e. The highest BCUT2D eigenvalue weighted by Gasteiger charge is 2.19. The molecule has 2 heterocycles. The number of nitrogens with zero attached hydrogens (tertiary/aromatic N) is 3. The molecule has 0 aliphatic heterocycles. The summed E-state index contributed by atoms with van der Waals surface area (Å²) in [6.07, 6.45) is 6.58. The first kappa shape index (κ1) is 10.3. The average Bonchev–Trinajstić information content (AvgIpc) is 2.98. The summed E-state index contributed by atoms with van der Waals surface area (Å²) < 4.78 is 5.93. The maximum atomic E-state index is 5.93. The van der Waals surface area contributed by atoms with Crippen LogP contribution in [0, 0.1) is 0 Å². The molecule has 6 nitrogen and oxygen atoms in total. The lowest BCUT2D eigenvalue weighted by Gasteiger charge is -2.12. The van der Waals surface area contributed by atoms with Crippen LogP contribution in [0.4, 0.5) is 5.95 Å². The van der Waals surface area contributed by atoms with Crippen molar-refractivity contribution in [1.29, 1.82) is 0 Å². The van der Waals surface area contributed by atoms with Crippen LogP contribution >= 0.6 is 0 Å². The summed E-state index contributed by atoms with van der Waals surface area (Å²) in [4.78, 5) is 15.7. The number of imidazole rings is 1. The van der Waals surface area contributed by atoms with Gasteiger partial charge < -0.3 is 15.0 Å². The van der Waals surface area contributed by atoms with Crippen LogP contribution in [0.1, 0.15) is 25.7 Å². The van der Waals surface area contributed by atoms with E-state index in [1.54, 1.807) is 13.4 Å². The third-order valence-corrected chi connectivity index (χ3v) is 3.06. The van der Waals surface area contributed by atoms with Crippen molar-refractivity contribution in [2.24, 2.45) is 0 Å². The van der Waals surface area contributed by atoms with Crippen LogP contribution in [0.3, 0.4) is 0 Å². The molecule has 0 unspecified atom stereocenters. The Morgan fingerprint density at radius 3 is 2.94 bits per heavy atom. The molecule has 2 aromatic rings. The molecular formula is C11H15N5O. The van der Waals surface area contributed by atoms with Crippen molar-refractivity contribution in [3.05, 3.63) is 6.33 Å². The number of fused-ring (bicyclic) bond motifs is 1. The Labute approximate surface area is 98.8 Å². The highest BCUT2D eigenvalue weighted by Crippen LogP contribution is 2.27. The van der Waals surface area contributed by atoms with E-state index in [9.17, 15) is 0 Å². The summed E-state index contributed by atoms with van der Waals surface area (Å²) in [6, 6.07) is 0. The second-order valence-corrected chi connectivity index (χ2v) is 4.23. The molecule has 0 spiro atoms. The van der Waals surface area contributed by atoms with E-state index in [1.807, 2.05) is 0 Å². The minimum atomic E-state index is 0.279. The summed E-state index contributed by atoms with van der Waals surface area (Å²) in [5, 5.41) is 2.92. The number of aromatic amines is 1. The Kier molecular flexibility index (Phi) is 2.55. The highest BCUT2D eigenvalue weighted by atomic mass is 16.5. The van der Waals surface area contributed by atoms with E-state index >= 15 is 0 Å². The number of H-pyrrole nitrogens is 1. The first-order valence-electron chi connectivity index (χ1n) is 5.92. The SMILES string of the molecule is CNc1nc(OC2CCCC2)c2[nH]cnc2n1. The van der Waals surface area contributed by atoms with Gasteiger partial charge in [-0.3, -0.25) is 0 Å². The molecule has 0 aromatic carbocycles. The Morgan fingerprint density at radius 2 is 2.18 bits per heavy atom. The number of ether oxygens (including phenoxy) is 1. The molecule has 0 atom stereocenters. The molecule has 0 radical (unpaired) electrons. The molecule has 2 aromatic heterocycles. The van der Waals surface area contributed by atoms with Gasteiger partial charge in [0.1, 0.15) is 11.6 Å². The molecule has 17 heavy (non-hydrogen) atoms. The topological polar surface area (TPSA) is 75.7 Å². The molecule has 0 saturated heterocycles. The van der Waals surface area contributed by atoms with Crippen LogP contribution < -0.4 is 10.1 Å². The van der Waals surface area contributed by atoms with Gasteiger partial charge >= 0.3 is 0 Å². The molecular weight excluding hydrogens is 218 g/mol. The molecule has 2 N–H and O–H groups in total. The van der Waals surface area contributed by atoms with Crippen LogP contribution in [-0.2, 0) is 0 Å². The van der Waals surface area contributed by atoms with E-state index in [1.165, 1.54) is 12.8 Å². The lowest BCUT2D eigenvalue weighted by atomic mass is 10.3. The van der Waals surface area contributed by atoms with E-state index < -0.39 is 0 Å². The van der Waals surface area contributed by atoms with Gasteiger partial charge in [0.15, 0.2) is 5.65 Å². The van der Waals surface area contributed by atoms with Gasteiger partial charge in [-0.25, -0.2) is 4.98 Å².